The van der Waals surface area contributed by atoms with E-state index in [1.807, 2.05) is 31.2 Å². The Morgan fingerprint density at radius 2 is 1.94 bits per heavy atom. The van der Waals surface area contributed by atoms with Gasteiger partial charge in [-0.3, -0.25) is 4.79 Å². The van der Waals surface area contributed by atoms with E-state index in [-0.39, 0.29) is 17.9 Å². The number of amides is 1. The van der Waals surface area contributed by atoms with E-state index in [1.54, 1.807) is 6.92 Å². The largest absolute Gasteiger partial charge is 0.399 e. The molecule has 2 atom stereocenters. The van der Waals surface area contributed by atoms with Crippen molar-refractivity contribution in [3.63, 3.8) is 0 Å². The predicted octanol–water partition coefficient (Wildman–Crippen LogP) is 1.65. The van der Waals surface area contributed by atoms with Crippen LogP contribution in [0.2, 0.25) is 0 Å². The van der Waals surface area contributed by atoms with Gasteiger partial charge in [0.2, 0.25) is 5.91 Å². The van der Waals surface area contributed by atoms with Gasteiger partial charge in [0.15, 0.2) is 0 Å². The van der Waals surface area contributed by atoms with Crippen molar-refractivity contribution in [2.45, 2.75) is 38.7 Å². The van der Waals surface area contributed by atoms with Crippen molar-refractivity contribution in [3.05, 3.63) is 29.8 Å². The van der Waals surface area contributed by atoms with Crippen molar-refractivity contribution < 1.29 is 9.90 Å². The highest BCUT2D eigenvalue weighted by Gasteiger charge is 2.10. The van der Waals surface area contributed by atoms with Crippen LogP contribution in [0.4, 0.5) is 5.69 Å². The molecule has 0 aromatic heterocycles. The number of aliphatic hydroxyl groups is 1. The Morgan fingerprint density at radius 1 is 1.33 bits per heavy atom. The number of carbonyl (C=O) groups excluding carboxylic acids is 1. The van der Waals surface area contributed by atoms with Gasteiger partial charge in [0.05, 0.1) is 6.10 Å². The van der Waals surface area contributed by atoms with Crippen LogP contribution in [0.5, 0.6) is 0 Å². The molecule has 4 nitrogen and oxygen atoms in total. The van der Waals surface area contributed by atoms with Crippen LogP contribution in [-0.2, 0) is 4.79 Å². The third-order valence-electron chi connectivity index (χ3n) is 2.88. The maximum Gasteiger partial charge on any atom is 0.220 e. The lowest BCUT2D eigenvalue weighted by atomic mass is 9.97. The van der Waals surface area contributed by atoms with Crippen molar-refractivity contribution >= 4 is 11.6 Å². The van der Waals surface area contributed by atoms with Gasteiger partial charge in [-0.1, -0.05) is 19.1 Å². The minimum Gasteiger partial charge on any atom is -0.399 e. The third kappa shape index (κ3) is 5.19. The molecule has 1 amide bonds. The number of rotatable bonds is 6. The Kier molecular flexibility index (Phi) is 5.65. The Labute approximate surface area is 108 Å². The summed E-state index contributed by atoms with van der Waals surface area (Å²) in [5, 5.41) is 11.9. The Balaban J connectivity index is 2.37. The Bertz CT molecular complexity index is 374. The highest BCUT2D eigenvalue weighted by Crippen LogP contribution is 2.19. The monoisotopic (exact) mass is 250 g/mol. The molecule has 18 heavy (non-hydrogen) atoms. The fraction of sp³-hybridized carbons (Fsp3) is 0.500. The van der Waals surface area contributed by atoms with E-state index in [2.05, 4.69) is 5.32 Å². The van der Waals surface area contributed by atoms with E-state index in [4.69, 9.17) is 10.8 Å². The van der Waals surface area contributed by atoms with Crippen molar-refractivity contribution in [3.8, 4) is 0 Å². The van der Waals surface area contributed by atoms with Crippen LogP contribution < -0.4 is 11.1 Å². The number of aliphatic hydroxyl groups excluding tert-OH is 1. The zero-order valence-corrected chi connectivity index (χ0v) is 11.0. The van der Waals surface area contributed by atoms with Gasteiger partial charge in [-0.15, -0.1) is 0 Å². The smallest absolute Gasteiger partial charge is 0.220 e. The maximum atomic E-state index is 11.7. The van der Waals surface area contributed by atoms with Gasteiger partial charge in [-0.2, -0.15) is 0 Å². The summed E-state index contributed by atoms with van der Waals surface area (Å²) < 4.78 is 0. The number of nitrogens with two attached hydrogens (primary N) is 1. The molecule has 1 aromatic carbocycles. The zero-order chi connectivity index (χ0) is 13.5. The molecule has 0 aliphatic heterocycles. The van der Waals surface area contributed by atoms with Crippen molar-refractivity contribution in [1.29, 1.82) is 0 Å². The van der Waals surface area contributed by atoms with Crippen LogP contribution in [0.25, 0.3) is 0 Å². The minimum atomic E-state index is -0.375. The van der Waals surface area contributed by atoms with E-state index in [0.29, 0.717) is 19.4 Å². The normalized spacial score (nSPS) is 13.9. The van der Waals surface area contributed by atoms with Gasteiger partial charge in [0.25, 0.3) is 0 Å². The van der Waals surface area contributed by atoms with Crippen molar-refractivity contribution in [2.75, 3.05) is 12.3 Å². The first-order valence-corrected chi connectivity index (χ1v) is 6.29. The van der Waals surface area contributed by atoms with Crippen LogP contribution >= 0.6 is 0 Å². The van der Waals surface area contributed by atoms with E-state index >= 15 is 0 Å². The predicted molar refractivity (Wildman–Crippen MR) is 73.2 cm³/mol. The molecule has 0 aliphatic carbocycles. The van der Waals surface area contributed by atoms with Crippen LogP contribution in [-0.4, -0.2) is 23.7 Å². The number of hydrogen-bond donors (Lipinski definition) is 3. The Morgan fingerprint density at radius 3 is 2.50 bits per heavy atom. The first kappa shape index (κ1) is 14.5. The molecule has 1 rings (SSSR count). The van der Waals surface area contributed by atoms with Gasteiger partial charge >= 0.3 is 0 Å². The molecule has 0 heterocycles. The van der Waals surface area contributed by atoms with Crippen molar-refractivity contribution in [1.82, 2.24) is 5.32 Å². The highest BCUT2D eigenvalue weighted by molar-refractivity contribution is 5.76. The second-order valence-corrected chi connectivity index (χ2v) is 4.76. The topological polar surface area (TPSA) is 75.3 Å². The summed E-state index contributed by atoms with van der Waals surface area (Å²) in [6.07, 6.45) is 0.658. The molecule has 0 saturated heterocycles. The fourth-order valence-electron chi connectivity index (χ4n) is 1.71. The number of hydrogen-bond acceptors (Lipinski definition) is 3. The fourth-order valence-corrected chi connectivity index (χ4v) is 1.71. The van der Waals surface area contributed by atoms with E-state index in [0.717, 1.165) is 11.3 Å². The quantitative estimate of drug-likeness (QED) is 0.672. The van der Waals surface area contributed by atoms with E-state index in [1.165, 1.54) is 0 Å². The zero-order valence-electron chi connectivity index (χ0n) is 11.0. The molecule has 0 spiro atoms. The highest BCUT2D eigenvalue weighted by atomic mass is 16.3. The molecular formula is C14H22N2O2. The lowest BCUT2D eigenvalue weighted by molar-refractivity contribution is -0.121. The van der Waals surface area contributed by atoms with Crippen LogP contribution in [0.3, 0.4) is 0 Å². The summed E-state index contributed by atoms with van der Waals surface area (Å²) in [5.41, 5.74) is 7.45. The number of nitrogens with one attached hydrogen (secondary N) is 1. The lowest BCUT2D eigenvalue weighted by Crippen LogP contribution is -2.27. The summed E-state index contributed by atoms with van der Waals surface area (Å²) in [6.45, 7) is 4.24. The summed E-state index contributed by atoms with van der Waals surface area (Å²) in [6, 6.07) is 7.58. The maximum absolute atomic E-state index is 11.7. The average Bonchev–Trinajstić information content (AvgIpc) is 2.29. The van der Waals surface area contributed by atoms with E-state index < -0.39 is 0 Å². The first-order valence-electron chi connectivity index (χ1n) is 6.29. The summed E-state index contributed by atoms with van der Waals surface area (Å²) in [4.78, 5) is 11.7. The third-order valence-corrected chi connectivity index (χ3v) is 2.88. The molecule has 2 unspecified atom stereocenters. The van der Waals surface area contributed by atoms with Gasteiger partial charge in [-0.25, -0.2) is 0 Å². The molecule has 1 aromatic rings. The van der Waals surface area contributed by atoms with Crippen LogP contribution in [0, 0.1) is 0 Å². The molecule has 0 saturated carbocycles. The molecule has 4 heteroatoms. The van der Waals surface area contributed by atoms with Crippen molar-refractivity contribution in [2.24, 2.45) is 0 Å². The number of carbonyl (C=O) groups is 1. The number of nitrogen functional groups attached to an aromatic ring is 1. The summed E-state index contributed by atoms with van der Waals surface area (Å²) in [5.74, 6) is 0.178. The second kappa shape index (κ2) is 7.01. The molecule has 100 valence electrons. The molecule has 0 bridgehead atoms. The van der Waals surface area contributed by atoms with Gasteiger partial charge in [0.1, 0.15) is 0 Å². The van der Waals surface area contributed by atoms with Gasteiger partial charge in [-0.05, 0) is 37.0 Å². The second-order valence-electron chi connectivity index (χ2n) is 4.76. The molecular weight excluding hydrogens is 228 g/mol. The lowest BCUT2D eigenvalue weighted by Gasteiger charge is -2.12. The average molecular weight is 250 g/mol. The molecule has 4 N–H and O–H groups in total. The summed E-state index contributed by atoms with van der Waals surface area (Å²) >= 11 is 0. The first-order chi connectivity index (χ1) is 8.49. The number of benzene rings is 1. The van der Waals surface area contributed by atoms with Crippen LogP contribution in [0.1, 0.15) is 38.2 Å². The number of anilines is 1. The van der Waals surface area contributed by atoms with E-state index in [9.17, 15) is 4.79 Å². The van der Waals surface area contributed by atoms with Gasteiger partial charge in [0, 0.05) is 18.7 Å². The van der Waals surface area contributed by atoms with Gasteiger partial charge < -0.3 is 16.2 Å². The Hall–Kier alpha value is -1.55. The van der Waals surface area contributed by atoms with Crippen LogP contribution in [0.15, 0.2) is 24.3 Å². The SMILES string of the molecule is CC(O)CCNC(=O)CC(C)c1ccc(N)cc1. The molecule has 0 radical (unpaired) electrons. The summed E-state index contributed by atoms with van der Waals surface area (Å²) in [7, 11) is 0. The molecule has 0 fully saturated rings. The standard InChI is InChI=1S/C14H22N2O2/c1-10(12-3-5-13(15)6-4-12)9-14(18)16-8-7-11(2)17/h3-6,10-11,17H,7-9,15H2,1-2H3,(H,16,18). The molecule has 0 aliphatic rings. The minimum absolute atomic E-state index is 0.0139.